The molecule has 2 aliphatic heterocycles. The van der Waals surface area contributed by atoms with E-state index in [1.54, 1.807) is 15.7 Å². The van der Waals surface area contributed by atoms with Gasteiger partial charge in [0.25, 0.3) is 11.8 Å². The number of nitrogens with two attached hydrogens (primary N) is 1. The van der Waals surface area contributed by atoms with Crippen LogP contribution in [0.15, 0.2) is 0 Å². The Labute approximate surface area is 168 Å². The van der Waals surface area contributed by atoms with E-state index in [0.29, 0.717) is 5.56 Å². The van der Waals surface area contributed by atoms with E-state index in [9.17, 15) is 23.9 Å². The topological polar surface area (TPSA) is 113 Å². The Morgan fingerprint density at radius 1 is 1.07 bits per heavy atom. The smallest absolute Gasteiger partial charge is 0.253 e. The van der Waals surface area contributed by atoms with Crippen molar-refractivity contribution in [2.45, 2.75) is 22.1 Å². The number of aliphatic hydroxyl groups is 1. The average molecular weight is 376 g/mol. The van der Waals surface area contributed by atoms with Crippen molar-refractivity contribution in [1.29, 1.82) is 0 Å². The molecule has 4 N–H and O–H groups in total. The second-order valence-electron chi connectivity index (χ2n) is 8.96. The van der Waals surface area contributed by atoms with Crippen LogP contribution in [-0.2, 0) is 14.9 Å². The Morgan fingerprint density at radius 3 is 2.14 bits per heavy atom. The lowest BCUT2D eigenvalue weighted by molar-refractivity contribution is -0.147. The number of hydrogen-bond donors (Lipinski definition) is 3. The molecule has 0 spiro atoms. The standard InChI is InChI=1S/C13H19B7FN3O4/c14-3-1-2(6(22)4(15)5(3)21)13(19,20)24(9(1)26)7-8(25)23-10(27)11(16,17)12(7,18)28/h7,28H,14-20,22H2,(H,23,25,27). The largest absolute Gasteiger partial charge is 0.399 e. The summed E-state index contributed by atoms with van der Waals surface area (Å²) in [4.78, 5) is 39.7. The SMILES string of the molecule is Bc1c(N)c2c(c(B)c1F)C(=O)N(C1C(=O)NC(=O)C(B)(B)C1(B)O)C2(B)B. The van der Waals surface area contributed by atoms with Crippen LogP contribution < -0.4 is 22.0 Å². The third-order valence-corrected chi connectivity index (χ3v) is 6.71. The molecule has 0 bridgehead atoms. The molecule has 7 nitrogen and oxygen atoms in total. The number of hydrogen-bond acceptors (Lipinski definition) is 5. The third-order valence-electron chi connectivity index (χ3n) is 6.71. The van der Waals surface area contributed by atoms with E-state index in [2.05, 4.69) is 5.32 Å². The summed E-state index contributed by atoms with van der Waals surface area (Å²) in [5.41, 5.74) is 5.36. The van der Waals surface area contributed by atoms with Crippen molar-refractivity contribution in [3.63, 3.8) is 0 Å². The molecule has 3 rings (SSSR count). The fraction of sp³-hybridized carbons (Fsp3) is 0.308. The number of nitrogens with zero attached hydrogens (tertiary/aromatic N) is 1. The normalized spacial score (nSPS) is 28.1. The Kier molecular flexibility index (Phi) is 4.25. The number of nitrogens with one attached hydrogen (secondary N) is 1. The number of halogens is 1. The quantitative estimate of drug-likeness (QED) is 0.256. The molecule has 0 radical (unpaired) electrons. The second kappa shape index (κ2) is 5.75. The van der Waals surface area contributed by atoms with Gasteiger partial charge in [-0.05, 0) is 16.5 Å². The van der Waals surface area contributed by atoms with Crippen molar-refractivity contribution in [2.24, 2.45) is 0 Å². The number of carbonyl (C=O) groups excluding carboxylic acids is 3. The molecule has 2 heterocycles. The number of imide groups is 1. The van der Waals surface area contributed by atoms with E-state index >= 15 is 0 Å². The van der Waals surface area contributed by atoms with E-state index in [1.807, 2.05) is 0 Å². The fourth-order valence-electron chi connectivity index (χ4n) is 4.39. The lowest BCUT2D eigenvalue weighted by atomic mass is 9.37. The first kappa shape index (κ1) is 20.7. The Morgan fingerprint density at radius 2 is 1.61 bits per heavy atom. The van der Waals surface area contributed by atoms with E-state index < -0.39 is 45.6 Å². The summed E-state index contributed by atoms with van der Waals surface area (Å²) in [5.74, 6) is -2.58. The monoisotopic (exact) mass is 377 g/mol. The minimum Gasteiger partial charge on any atom is -0.399 e. The van der Waals surface area contributed by atoms with E-state index in [4.69, 9.17) is 5.73 Å². The molecule has 1 saturated heterocycles. The first-order chi connectivity index (χ1) is 12.6. The summed E-state index contributed by atoms with van der Waals surface area (Å²) in [6, 6.07) is -1.36. The van der Waals surface area contributed by atoms with Crippen molar-refractivity contribution in [1.82, 2.24) is 10.2 Å². The number of benzene rings is 1. The van der Waals surface area contributed by atoms with Crippen LogP contribution in [0.3, 0.4) is 0 Å². The molecule has 3 amide bonds. The van der Waals surface area contributed by atoms with Gasteiger partial charge in [-0.15, -0.1) is 0 Å². The summed E-state index contributed by atoms with van der Waals surface area (Å²) in [7, 11) is 10.8. The van der Waals surface area contributed by atoms with Crippen LogP contribution in [0.4, 0.5) is 10.1 Å². The Bertz CT molecular complexity index is 968. The highest BCUT2D eigenvalue weighted by Crippen LogP contribution is 2.45. The molecule has 138 valence electrons. The van der Waals surface area contributed by atoms with Gasteiger partial charge in [0.1, 0.15) is 66.8 Å². The van der Waals surface area contributed by atoms with Crippen LogP contribution >= 0.6 is 0 Å². The van der Waals surface area contributed by atoms with Crippen LogP contribution in [0.2, 0.25) is 5.21 Å². The maximum atomic E-state index is 14.6. The molecule has 1 aromatic carbocycles. The average Bonchev–Trinajstić information content (AvgIpc) is 2.77. The molecule has 1 aromatic rings. The van der Waals surface area contributed by atoms with Gasteiger partial charge in [-0.1, -0.05) is 0 Å². The predicted molar refractivity (Wildman–Crippen MR) is 122 cm³/mol. The number of fused-ring (bicyclic) bond motifs is 1. The first-order valence-electron chi connectivity index (χ1n) is 9.10. The van der Waals surface area contributed by atoms with Crippen molar-refractivity contribution in [2.75, 3.05) is 5.73 Å². The number of nitrogen functional groups attached to an aromatic ring is 1. The molecule has 0 saturated carbocycles. The lowest BCUT2D eigenvalue weighted by Crippen LogP contribution is -2.75. The third kappa shape index (κ3) is 2.25. The van der Waals surface area contributed by atoms with Gasteiger partial charge in [-0.3, -0.25) is 19.7 Å². The summed E-state index contributed by atoms with van der Waals surface area (Å²) >= 11 is 0. The molecule has 2 atom stereocenters. The van der Waals surface area contributed by atoms with Crippen molar-refractivity contribution in [3.8, 4) is 0 Å². The number of rotatable bonds is 1. The molecule has 0 aromatic heterocycles. The van der Waals surface area contributed by atoms with Gasteiger partial charge in [-0.25, -0.2) is 4.39 Å². The van der Waals surface area contributed by atoms with E-state index in [0.717, 1.165) is 0 Å². The molecule has 15 heteroatoms. The zero-order valence-electron chi connectivity index (χ0n) is 17.2. The molecule has 2 unspecified atom stereocenters. The van der Waals surface area contributed by atoms with E-state index in [-0.39, 0.29) is 22.2 Å². The maximum Gasteiger partial charge on any atom is 0.253 e. The van der Waals surface area contributed by atoms with Crippen molar-refractivity contribution >= 4 is 89.3 Å². The van der Waals surface area contributed by atoms with Gasteiger partial charge >= 0.3 is 0 Å². The Balaban J connectivity index is 2.29. The molecular weight excluding hydrogens is 357 g/mol. The van der Waals surface area contributed by atoms with Gasteiger partial charge < -0.3 is 15.7 Å². The van der Waals surface area contributed by atoms with Crippen LogP contribution in [0, 0.1) is 5.82 Å². The van der Waals surface area contributed by atoms with Crippen LogP contribution in [0.25, 0.3) is 0 Å². The second-order valence-corrected chi connectivity index (χ2v) is 8.96. The molecule has 1 fully saturated rings. The molecule has 0 aliphatic carbocycles. The molecule has 2 aliphatic rings. The van der Waals surface area contributed by atoms with Crippen LogP contribution in [0.5, 0.6) is 0 Å². The van der Waals surface area contributed by atoms with Crippen LogP contribution in [0.1, 0.15) is 15.9 Å². The highest BCUT2D eigenvalue weighted by molar-refractivity contribution is 6.57. The number of carbonyl (C=O) groups is 3. The molecular formula is C13H19B7FN3O4. The van der Waals surface area contributed by atoms with Gasteiger partial charge in [0.15, 0.2) is 0 Å². The number of piperidine rings is 1. The summed E-state index contributed by atoms with van der Waals surface area (Å²) in [6.45, 7) is 0. The molecule has 28 heavy (non-hydrogen) atoms. The van der Waals surface area contributed by atoms with Crippen molar-refractivity contribution in [3.05, 3.63) is 16.9 Å². The first-order valence-corrected chi connectivity index (χ1v) is 9.10. The predicted octanol–water partition coefficient (Wildman–Crippen LogP) is -9.51. The minimum absolute atomic E-state index is 0.101. The minimum atomic E-state index is -1.86. The Hall–Kier alpha value is -2.03. The summed E-state index contributed by atoms with van der Waals surface area (Å²) < 4.78 is 14.6. The lowest BCUT2D eigenvalue weighted by Gasteiger charge is -2.53. The summed E-state index contributed by atoms with van der Waals surface area (Å²) in [6.07, 6.45) is 0. The van der Waals surface area contributed by atoms with Gasteiger partial charge in [0.2, 0.25) is 5.91 Å². The maximum absolute atomic E-state index is 14.6. The van der Waals surface area contributed by atoms with Crippen molar-refractivity contribution < 1.29 is 23.9 Å². The fourth-order valence-corrected chi connectivity index (χ4v) is 4.39. The van der Waals surface area contributed by atoms with Crippen LogP contribution in [-0.4, -0.2) is 94.2 Å². The zero-order valence-corrected chi connectivity index (χ0v) is 17.2. The highest BCUT2D eigenvalue weighted by Gasteiger charge is 2.62. The van der Waals surface area contributed by atoms with E-state index in [1.165, 1.54) is 44.1 Å². The van der Waals surface area contributed by atoms with Gasteiger partial charge in [-0.2, -0.15) is 0 Å². The highest BCUT2D eigenvalue weighted by atomic mass is 19.1. The number of anilines is 1. The van der Waals surface area contributed by atoms with Gasteiger partial charge in [0, 0.05) is 21.8 Å². The summed E-state index contributed by atoms with van der Waals surface area (Å²) in [5, 5.41) is 11.1. The number of amides is 3. The van der Waals surface area contributed by atoms with Gasteiger partial charge in [0.05, 0.1) is 5.50 Å². The zero-order chi connectivity index (χ0) is 21.6.